The normalized spacial score (nSPS) is 21.4. The molecule has 1 fully saturated rings. The Labute approximate surface area is 240 Å². The molecule has 208 valence electrons. The summed E-state index contributed by atoms with van der Waals surface area (Å²) in [4.78, 5) is 44.0. The maximum absolute atomic E-state index is 13.9. The van der Waals surface area contributed by atoms with E-state index in [9.17, 15) is 14.4 Å². The third-order valence-electron chi connectivity index (χ3n) is 6.90. The molecule has 0 aromatic heterocycles. The van der Waals surface area contributed by atoms with Gasteiger partial charge in [0.15, 0.2) is 0 Å². The van der Waals surface area contributed by atoms with Crippen LogP contribution in [0, 0.1) is 0 Å². The second-order valence-corrected chi connectivity index (χ2v) is 13.7. The topological polar surface area (TPSA) is 85.4 Å². The van der Waals surface area contributed by atoms with Gasteiger partial charge in [0.2, 0.25) is 0 Å². The number of likely N-dealkylation sites (tertiary alicyclic amines) is 1. The zero-order valence-electron chi connectivity index (χ0n) is 22.9. The van der Waals surface area contributed by atoms with Gasteiger partial charge in [0, 0.05) is 0 Å². The van der Waals surface area contributed by atoms with Crippen LogP contribution in [0.5, 0.6) is 0 Å². The van der Waals surface area contributed by atoms with Gasteiger partial charge in [-0.3, -0.25) is 0 Å². The average molecular weight is 608 g/mol. The van der Waals surface area contributed by atoms with Gasteiger partial charge in [-0.1, -0.05) is 0 Å². The molecule has 5 rings (SSSR count). The van der Waals surface area contributed by atoms with Crippen molar-refractivity contribution in [2.75, 3.05) is 12.0 Å². The fraction of sp³-hybridized carbons (Fsp3) is 0.323. The van der Waals surface area contributed by atoms with E-state index in [1.165, 1.54) is 16.9 Å². The van der Waals surface area contributed by atoms with Gasteiger partial charge in [-0.25, -0.2) is 0 Å². The summed E-state index contributed by atoms with van der Waals surface area (Å²) < 4.78 is 17.1. The van der Waals surface area contributed by atoms with E-state index in [-0.39, 0.29) is 28.0 Å². The first kappa shape index (κ1) is 27.7. The molecule has 3 aromatic rings. The molecule has 2 heterocycles. The quantitative estimate of drug-likeness (QED) is 0.240. The van der Waals surface area contributed by atoms with Crippen LogP contribution in [0.1, 0.15) is 38.3 Å². The summed E-state index contributed by atoms with van der Waals surface area (Å²) in [5.74, 6) is -0.559. The van der Waals surface area contributed by atoms with Gasteiger partial charge in [-0.15, -0.1) is 0 Å². The van der Waals surface area contributed by atoms with E-state index in [1.54, 1.807) is 20.8 Å². The van der Waals surface area contributed by atoms with E-state index in [0.717, 1.165) is 15.6 Å². The van der Waals surface area contributed by atoms with Crippen molar-refractivity contribution in [2.24, 2.45) is 0 Å². The summed E-state index contributed by atoms with van der Waals surface area (Å²) in [7, 11) is 1.30. The fourth-order valence-electron chi connectivity index (χ4n) is 5.35. The molecule has 1 saturated heterocycles. The number of hydrogen-bond donors (Lipinski definition) is 0. The van der Waals surface area contributed by atoms with Crippen molar-refractivity contribution in [2.45, 2.75) is 55.9 Å². The number of ether oxygens (including phenoxy) is 3. The van der Waals surface area contributed by atoms with Gasteiger partial charge in [-0.2, -0.15) is 0 Å². The molecule has 0 spiro atoms. The zero-order valence-corrected chi connectivity index (χ0v) is 24.6. The Balaban J connectivity index is 1.64. The number of carbonyl (C=O) groups is 3. The number of nitrogens with zero attached hydrogens (tertiary/aromatic N) is 2. The van der Waals surface area contributed by atoms with Crippen molar-refractivity contribution in [3.05, 3.63) is 96.1 Å². The van der Waals surface area contributed by atoms with Crippen LogP contribution in [0.3, 0.4) is 0 Å². The van der Waals surface area contributed by atoms with E-state index in [4.69, 9.17) is 14.2 Å². The van der Waals surface area contributed by atoms with Crippen molar-refractivity contribution in [1.29, 1.82) is 0 Å². The van der Waals surface area contributed by atoms with Gasteiger partial charge >= 0.3 is 241 Å². The third-order valence-corrected chi connectivity index (χ3v) is 9.98. The number of carbonyl (C=O) groups excluding carboxylic acids is 3. The number of benzene rings is 3. The molecule has 9 heteroatoms. The third kappa shape index (κ3) is 5.19. The number of amides is 2. The molecule has 2 aliphatic rings. The van der Waals surface area contributed by atoms with Crippen LogP contribution in [0.25, 0.3) is 0 Å². The molecule has 0 bridgehead atoms. The van der Waals surface area contributed by atoms with Gasteiger partial charge in [0.25, 0.3) is 0 Å². The van der Waals surface area contributed by atoms with E-state index >= 15 is 0 Å². The molecule has 8 nitrogen and oxygen atoms in total. The molecule has 0 N–H and O–H groups in total. The number of fused-ring (bicyclic) bond motifs is 3. The summed E-state index contributed by atoms with van der Waals surface area (Å²) in [5, 5.41) is 0. The Morgan fingerprint density at radius 1 is 0.900 bits per heavy atom. The van der Waals surface area contributed by atoms with E-state index in [1.807, 2.05) is 84.9 Å². The Hall–Kier alpha value is -3.81. The molecule has 3 aromatic carbocycles. The molecule has 2 amide bonds. The summed E-state index contributed by atoms with van der Waals surface area (Å²) in [5.41, 5.74) is 1.58. The van der Waals surface area contributed by atoms with E-state index < -0.39 is 40.3 Å². The van der Waals surface area contributed by atoms with Crippen LogP contribution < -0.4 is 9.36 Å². The molecule has 0 aliphatic carbocycles. The van der Waals surface area contributed by atoms with Crippen LogP contribution in [0.4, 0.5) is 15.3 Å². The van der Waals surface area contributed by atoms with Gasteiger partial charge in [-0.05, 0) is 0 Å². The van der Waals surface area contributed by atoms with Gasteiger partial charge in [0.05, 0.1) is 0 Å². The number of hydrogen-bond acceptors (Lipinski definition) is 6. The summed E-state index contributed by atoms with van der Waals surface area (Å²) in [6.45, 7) is 5.41. The molecule has 0 radical (unpaired) electrons. The first-order valence-corrected chi connectivity index (χ1v) is 14.8. The summed E-state index contributed by atoms with van der Waals surface area (Å²) >= 11 is -0.299. The number of anilines is 1. The van der Waals surface area contributed by atoms with Crippen molar-refractivity contribution < 1.29 is 28.6 Å². The van der Waals surface area contributed by atoms with Crippen LogP contribution in [0.15, 0.2) is 84.9 Å². The standard InChI is InChI=1S/C31H32N2O6Se/c1-30(2,3)39-29(36)32-24-18-12-11-17-23(24)31(40-22-15-9-6-10-16-22)19-25(26(34)37-4)33(27(31)32)28(35)38-20-21-13-7-5-8-14-21/h5-18,25,27H,19-20H2,1-4H3/t25-,27-,31+/m0/s1. The zero-order chi connectivity index (χ0) is 28.5. The first-order valence-electron chi connectivity index (χ1n) is 13.1. The van der Waals surface area contributed by atoms with E-state index in [2.05, 4.69) is 0 Å². The molecule has 40 heavy (non-hydrogen) atoms. The number of para-hydroxylation sites is 1. The average Bonchev–Trinajstić information content (AvgIpc) is 3.40. The van der Waals surface area contributed by atoms with Crippen molar-refractivity contribution in [3.8, 4) is 0 Å². The Kier molecular flexibility index (Phi) is 7.62. The second kappa shape index (κ2) is 11.0. The Bertz CT molecular complexity index is 1390. The van der Waals surface area contributed by atoms with Gasteiger partial charge < -0.3 is 0 Å². The van der Waals surface area contributed by atoms with E-state index in [0.29, 0.717) is 5.69 Å². The van der Waals surface area contributed by atoms with Crippen LogP contribution in [0.2, 0.25) is 0 Å². The number of methoxy groups -OCH3 is 1. The predicted molar refractivity (Wildman–Crippen MR) is 151 cm³/mol. The minimum atomic E-state index is -0.956. The fourth-order valence-corrected chi connectivity index (χ4v) is 8.63. The van der Waals surface area contributed by atoms with Crippen LogP contribution in [-0.2, 0) is 29.9 Å². The van der Waals surface area contributed by atoms with Gasteiger partial charge in [0.1, 0.15) is 0 Å². The molecule has 0 unspecified atom stereocenters. The van der Waals surface area contributed by atoms with Crippen molar-refractivity contribution in [1.82, 2.24) is 4.90 Å². The number of esters is 1. The monoisotopic (exact) mass is 608 g/mol. The minimum absolute atomic E-state index is 0.0208. The van der Waals surface area contributed by atoms with Crippen molar-refractivity contribution in [3.63, 3.8) is 0 Å². The molecule has 2 aliphatic heterocycles. The Morgan fingerprint density at radius 2 is 1.52 bits per heavy atom. The van der Waals surface area contributed by atoms with Crippen molar-refractivity contribution >= 4 is 43.3 Å². The molecule has 3 atom stereocenters. The summed E-state index contributed by atoms with van der Waals surface area (Å²) in [6, 6.07) is 25.9. The molecular formula is C31H32N2O6Se. The maximum atomic E-state index is 13.9. The first-order chi connectivity index (χ1) is 19.1. The molecular weight excluding hydrogens is 575 g/mol. The predicted octanol–water partition coefficient (Wildman–Crippen LogP) is 4.58. The molecule has 0 saturated carbocycles. The van der Waals surface area contributed by atoms with Crippen LogP contribution in [-0.4, -0.2) is 62.9 Å². The van der Waals surface area contributed by atoms with Crippen LogP contribution >= 0.6 is 0 Å². The second-order valence-electron chi connectivity index (χ2n) is 10.7. The SMILES string of the molecule is COC(=O)[C@@H]1C[C@@]2([Se]c3ccccc3)c3ccccc3N(C(=O)OC(C)(C)C)[C@H]2N1C(=O)OCc1ccccc1. The summed E-state index contributed by atoms with van der Waals surface area (Å²) in [6.07, 6.45) is -1.87. The Morgan fingerprint density at radius 3 is 2.17 bits per heavy atom. The number of rotatable bonds is 5.